The first-order valence-electron chi connectivity index (χ1n) is 10.5. The number of hydrogen-bond acceptors (Lipinski definition) is 4. The first-order valence-corrected chi connectivity index (χ1v) is 10.5. The Bertz CT molecular complexity index is 911. The lowest BCUT2D eigenvalue weighted by Crippen LogP contribution is -2.45. The molecule has 3 heterocycles. The Labute approximate surface area is 173 Å². The van der Waals surface area contributed by atoms with Gasteiger partial charge in [-0.2, -0.15) is 5.10 Å². The van der Waals surface area contributed by atoms with Crippen LogP contribution in [-0.4, -0.2) is 39.3 Å². The van der Waals surface area contributed by atoms with Crippen molar-refractivity contribution in [2.24, 2.45) is 0 Å². The standard InChI is InChI=1S/C24H31N5/c1-24(2,3)23-21(18-29(27-23)16-19-7-5-4-6-8-19)17-28-14-13-26-15-22(28)20-9-11-25-12-10-20/h4-12,18,22,26H,13-17H2,1-3H3. The fourth-order valence-corrected chi connectivity index (χ4v) is 4.13. The lowest BCUT2D eigenvalue weighted by atomic mass is 9.89. The van der Waals surface area contributed by atoms with Crippen molar-refractivity contribution in [3.8, 4) is 0 Å². The molecule has 29 heavy (non-hydrogen) atoms. The molecule has 5 heteroatoms. The number of rotatable bonds is 5. The summed E-state index contributed by atoms with van der Waals surface area (Å²) in [4.78, 5) is 6.76. The van der Waals surface area contributed by atoms with E-state index < -0.39 is 0 Å². The zero-order chi connectivity index (χ0) is 20.3. The fourth-order valence-electron chi connectivity index (χ4n) is 4.13. The molecule has 4 rings (SSSR count). The van der Waals surface area contributed by atoms with E-state index in [1.165, 1.54) is 22.4 Å². The highest BCUT2D eigenvalue weighted by atomic mass is 15.3. The van der Waals surface area contributed by atoms with Gasteiger partial charge in [0.05, 0.1) is 12.2 Å². The van der Waals surface area contributed by atoms with Gasteiger partial charge in [-0.25, -0.2) is 0 Å². The smallest absolute Gasteiger partial charge is 0.0723 e. The Kier molecular flexibility index (Phi) is 5.79. The minimum absolute atomic E-state index is 0.0114. The molecule has 1 fully saturated rings. The molecule has 152 valence electrons. The number of benzene rings is 1. The van der Waals surface area contributed by atoms with Gasteiger partial charge in [0.15, 0.2) is 0 Å². The average molecular weight is 390 g/mol. The van der Waals surface area contributed by atoms with Crippen LogP contribution in [0.3, 0.4) is 0 Å². The topological polar surface area (TPSA) is 46.0 Å². The minimum Gasteiger partial charge on any atom is -0.314 e. The maximum absolute atomic E-state index is 5.00. The molecule has 0 radical (unpaired) electrons. The van der Waals surface area contributed by atoms with Gasteiger partial charge in [0.1, 0.15) is 0 Å². The van der Waals surface area contributed by atoms with Gasteiger partial charge in [-0.3, -0.25) is 14.6 Å². The summed E-state index contributed by atoms with van der Waals surface area (Å²) in [6.07, 6.45) is 6.03. The van der Waals surface area contributed by atoms with Crippen LogP contribution in [0.2, 0.25) is 0 Å². The molecule has 2 aromatic heterocycles. The summed E-state index contributed by atoms with van der Waals surface area (Å²) in [5.41, 5.74) is 5.13. The van der Waals surface area contributed by atoms with Crippen LogP contribution < -0.4 is 5.32 Å². The number of pyridine rings is 1. The molecule has 1 aromatic carbocycles. The van der Waals surface area contributed by atoms with Crippen LogP contribution in [0.4, 0.5) is 0 Å². The van der Waals surface area contributed by atoms with Crippen LogP contribution in [0.25, 0.3) is 0 Å². The summed E-state index contributed by atoms with van der Waals surface area (Å²) in [6, 6.07) is 15.2. The van der Waals surface area contributed by atoms with Gasteiger partial charge in [0.25, 0.3) is 0 Å². The molecule has 1 saturated heterocycles. The van der Waals surface area contributed by atoms with Crippen LogP contribution in [0.15, 0.2) is 61.1 Å². The third kappa shape index (κ3) is 4.74. The van der Waals surface area contributed by atoms with E-state index in [1.807, 2.05) is 12.4 Å². The molecular weight excluding hydrogens is 358 g/mol. The maximum Gasteiger partial charge on any atom is 0.0723 e. The molecule has 1 atom stereocenters. The van der Waals surface area contributed by atoms with E-state index in [1.54, 1.807) is 0 Å². The number of nitrogens with zero attached hydrogens (tertiary/aromatic N) is 4. The molecule has 3 aromatic rings. The molecule has 0 aliphatic carbocycles. The Morgan fingerprint density at radius 1 is 1.03 bits per heavy atom. The monoisotopic (exact) mass is 389 g/mol. The highest BCUT2D eigenvalue weighted by molar-refractivity contribution is 5.26. The van der Waals surface area contributed by atoms with Crippen molar-refractivity contribution in [2.75, 3.05) is 19.6 Å². The summed E-state index contributed by atoms with van der Waals surface area (Å²) in [6.45, 7) is 11.5. The van der Waals surface area contributed by atoms with E-state index in [0.29, 0.717) is 6.04 Å². The predicted molar refractivity (Wildman–Crippen MR) is 117 cm³/mol. The second-order valence-corrected chi connectivity index (χ2v) is 8.91. The first kappa shape index (κ1) is 19.8. The van der Waals surface area contributed by atoms with Crippen molar-refractivity contribution in [3.05, 3.63) is 83.4 Å². The van der Waals surface area contributed by atoms with Crippen molar-refractivity contribution >= 4 is 0 Å². The third-order valence-corrected chi connectivity index (χ3v) is 5.55. The maximum atomic E-state index is 5.00. The number of aromatic nitrogens is 3. The summed E-state index contributed by atoms with van der Waals surface area (Å²) in [7, 11) is 0. The van der Waals surface area contributed by atoms with E-state index in [0.717, 1.165) is 32.7 Å². The van der Waals surface area contributed by atoms with Gasteiger partial charge in [-0.15, -0.1) is 0 Å². The highest BCUT2D eigenvalue weighted by Crippen LogP contribution is 2.29. The largest absolute Gasteiger partial charge is 0.314 e. The number of hydrogen-bond donors (Lipinski definition) is 1. The lowest BCUT2D eigenvalue weighted by molar-refractivity contribution is 0.153. The van der Waals surface area contributed by atoms with Crippen molar-refractivity contribution in [3.63, 3.8) is 0 Å². The van der Waals surface area contributed by atoms with E-state index in [2.05, 4.69) is 89.3 Å². The van der Waals surface area contributed by atoms with E-state index >= 15 is 0 Å². The summed E-state index contributed by atoms with van der Waals surface area (Å²) in [5.74, 6) is 0. The van der Waals surface area contributed by atoms with E-state index in [-0.39, 0.29) is 5.41 Å². The van der Waals surface area contributed by atoms with Crippen molar-refractivity contribution in [2.45, 2.75) is 45.3 Å². The van der Waals surface area contributed by atoms with Gasteiger partial charge in [0, 0.05) is 61.8 Å². The second-order valence-electron chi connectivity index (χ2n) is 8.91. The zero-order valence-corrected chi connectivity index (χ0v) is 17.7. The Hall–Kier alpha value is -2.50. The van der Waals surface area contributed by atoms with Gasteiger partial charge in [-0.1, -0.05) is 51.1 Å². The molecule has 0 saturated carbocycles. The molecular formula is C24H31N5. The summed E-state index contributed by atoms with van der Waals surface area (Å²) >= 11 is 0. The average Bonchev–Trinajstić information content (AvgIpc) is 3.12. The van der Waals surface area contributed by atoms with Crippen LogP contribution >= 0.6 is 0 Å². The van der Waals surface area contributed by atoms with Crippen LogP contribution in [0.5, 0.6) is 0 Å². The summed E-state index contributed by atoms with van der Waals surface area (Å²) in [5, 5.41) is 8.55. The number of nitrogens with one attached hydrogen (secondary N) is 1. The quantitative estimate of drug-likeness (QED) is 0.722. The molecule has 0 amide bonds. The van der Waals surface area contributed by atoms with Gasteiger partial charge >= 0.3 is 0 Å². The third-order valence-electron chi connectivity index (χ3n) is 5.55. The van der Waals surface area contributed by atoms with Crippen LogP contribution in [-0.2, 0) is 18.5 Å². The molecule has 1 aliphatic heterocycles. The minimum atomic E-state index is 0.0114. The van der Waals surface area contributed by atoms with Gasteiger partial charge in [0.2, 0.25) is 0 Å². The zero-order valence-electron chi connectivity index (χ0n) is 17.7. The van der Waals surface area contributed by atoms with Gasteiger partial charge in [-0.05, 0) is 23.3 Å². The van der Waals surface area contributed by atoms with E-state index in [9.17, 15) is 0 Å². The lowest BCUT2D eigenvalue weighted by Gasteiger charge is -2.36. The second kappa shape index (κ2) is 8.47. The molecule has 1 unspecified atom stereocenters. The van der Waals surface area contributed by atoms with Crippen LogP contribution in [0, 0.1) is 0 Å². The molecule has 1 N–H and O–H groups in total. The van der Waals surface area contributed by atoms with Gasteiger partial charge < -0.3 is 5.32 Å². The van der Waals surface area contributed by atoms with Crippen LogP contribution in [0.1, 0.15) is 49.2 Å². The highest BCUT2D eigenvalue weighted by Gasteiger charge is 2.28. The van der Waals surface area contributed by atoms with Crippen molar-refractivity contribution in [1.82, 2.24) is 25.0 Å². The summed E-state index contributed by atoms with van der Waals surface area (Å²) < 4.78 is 2.11. The fraction of sp³-hybridized carbons (Fsp3) is 0.417. The SMILES string of the molecule is CC(C)(C)c1nn(Cc2ccccc2)cc1CN1CCNCC1c1ccncc1. The van der Waals surface area contributed by atoms with Crippen molar-refractivity contribution < 1.29 is 0 Å². The Morgan fingerprint density at radius 2 is 1.79 bits per heavy atom. The predicted octanol–water partition coefficient (Wildman–Crippen LogP) is 3.77. The Morgan fingerprint density at radius 3 is 2.52 bits per heavy atom. The van der Waals surface area contributed by atoms with E-state index in [4.69, 9.17) is 5.10 Å². The Balaban J connectivity index is 1.61. The number of piperazine rings is 1. The molecule has 0 bridgehead atoms. The molecule has 5 nitrogen and oxygen atoms in total. The van der Waals surface area contributed by atoms with Crippen molar-refractivity contribution in [1.29, 1.82) is 0 Å². The first-order chi connectivity index (χ1) is 14.0. The molecule has 0 spiro atoms. The molecule has 1 aliphatic rings. The normalized spacial score (nSPS) is 18.1.